The molecule has 2 aliphatic rings. The number of aromatic nitrogens is 2. The third-order valence-electron chi connectivity index (χ3n) is 5.03. The lowest BCUT2D eigenvalue weighted by Crippen LogP contribution is -2.32. The van der Waals surface area contributed by atoms with Gasteiger partial charge in [0.25, 0.3) is 0 Å². The van der Waals surface area contributed by atoms with E-state index in [-0.39, 0.29) is 11.9 Å². The molecule has 2 aliphatic carbocycles. The van der Waals surface area contributed by atoms with Crippen molar-refractivity contribution in [2.45, 2.75) is 51.2 Å². The Hall–Kier alpha value is -1.23. The summed E-state index contributed by atoms with van der Waals surface area (Å²) in [5, 5.41) is 9.70. The highest BCUT2D eigenvalue weighted by atomic mass is 19.1. The average molecular weight is 279 g/mol. The van der Waals surface area contributed by atoms with Crippen LogP contribution >= 0.6 is 0 Å². The largest absolute Gasteiger partial charge is 0.393 e. The van der Waals surface area contributed by atoms with Crippen LogP contribution in [0.4, 0.5) is 10.2 Å². The van der Waals surface area contributed by atoms with Crippen LogP contribution in [-0.4, -0.2) is 34.3 Å². The predicted octanol–water partition coefficient (Wildman–Crippen LogP) is 2.16. The number of rotatable bonds is 3. The van der Waals surface area contributed by atoms with Gasteiger partial charge in [-0.15, -0.1) is 0 Å². The molecule has 110 valence electrons. The third kappa shape index (κ3) is 2.28. The van der Waals surface area contributed by atoms with E-state index in [1.54, 1.807) is 0 Å². The fourth-order valence-electron chi connectivity index (χ4n) is 3.93. The highest BCUT2D eigenvalue weighted by Gasteiger charge is 2.42. The molecule has 0 saturated heterocycles. The summed E-state index contributed by atoms with van der Waals surface area (Å²) in [4.78, 5) is 10.1. The molecule has 3 rings (SSSR count). The number of halogens is 1. The summed E-state index contributed by atoms with van der Waals surface area (Å²) in [6, 6.07) is 0.326. The summed E-state index contributed by atoms with van der Waals surface area (Å²) in [5.74, 6) is 1.32. The standard InChI is InChI=1S/C15H22FN3O/c1-3-13-14(16)15(18-8-17-13)19(2)11-4-9-6-12(20)7-10(9)5-11/h8-12,20H,3-7H2,1-2H3/t9-,10+,11?,12?. The molecule has 0 aromatic carbocycles. The van der Waals surface area contributed by atoms with Gasteiger partial charge in [0, 0.05) is 13.1 Å². The Morgan fingerprint density at radius 1 is 1.25 bits per heavy atom. The van der Waals surface area contributed by atoms with Crippen molar-refractivity contribution in [3.63, 3.8) is 0 Å². The van der Waals surface area contributed by atoms with Crippen LogP contribution < -0.4 is 4.90 Å². The molecule has 4 nitrogen and oxygen atoms in total. The zero-order valence-electron chi connectivity index (χ0n) is 12.1. The van der Waals surface area contributed by atoms with Crippen LogP contribution in [0, 0.1) is 17.7 Å². The van der Waals surface area contributed by atoms with Crippen LogP contribution in [0.2, 0.25) is 0 Å². The van der Waals surface area contributed by atoms with Crippen molar-refractivity contribution in [1.82, 2.24) is 9.97 Å². The van der Waals surface area contributed by atoms with E-state index in [4.69, 9.17) is 0 Å². The topological polar surface area (TPSA) is 49.2 Å². The Balaban J connectivity index is 1.76. The number of fused-ring (bicyclic) bond motifs is 1. The van der Waals surface area contributed by atoms with Crippen LogP contribution in [0.1, 0.15) is 38.3 Å². The van der Waals surface area contributed by atoms with Crippen molar-refractivity contribution in [3.8, 4) is 0 Å². The molecular formula is C15H22FN3O. The van der Waals surface area contributed by atoms with Crippen molar-refractivity contribution in [3.05, 3.63) is 17.8 Å². The lowest BCUT2D eigenvalue weighted by Gasteiger charge is -2.27. The number of hydrogen-bond acceptors (Lipinski definition) is 4. The molecule has 0 amide bonds. The molecule has 1 heterocycles. The number of anilines is 1. The van der Waals surface area contributed by atoms with Gasteiger partial charge in [-0.25, -0.2) is 14.4 Å². The fourth-order valence-corrected chi connectivity index (χ4v) is 3.93. The van der Waals surface area contributed by atoms with Crippen LogP contribution in [-0.2, 0) is 6.42 Å². The minimum Gasteiger partial charge on any atom is -0.393 e. The van der Waals surface area contributed by atoms with Gasteiger partial charge in [-0.1, -0.05) is 6.92 Å². The van der Waals surface area contributed by atoms with Crippen LogP contribution in [0.25, 0.3) is 0 Å². The van der Waals surface area contributed by atoms with E-state index in [1.165, 1.54) is 6.33 Å². The van der Waals surface area contributed by atoms with Crippen molar-refractivity contribution in [2.24, 2.45) is 11.8 Å². The van der Waals surface area contributed by atoms with Crippen LogP contribution in [0.3, 0.4) is 0 Å². The normalized spacial score (nSPS) is 32.4. The van der Waals surface area contributed by atoms with Gasteiger partial charge < -0.3 is 10.0 Å². The van der Waals surface area contributed by atoms with Crippen LogP contribution in [0.15, 0.2) is 6.33 Å². The first-order valence-corrected chi connectivity index (χ1v) is 7.50. The quantitative estimate of drug-likeness (QED) is 0.921. The van der Waals surface area contributed by atoms with Gasteiger partial charge in [-0.05, 0) is 43.9 Å². The van der Waals surface area contributed by atoms with E-state index in [2.05, 4.69) is 9.97 Å². The van der Waals surface area contributed by atoms with Gasteiger partial charge in [0.2, 0.25) is 0 Å². The number of aliphatic hydroxyl groups is 1. The van der Waals surface area contributed by atoms with Crippen molar-refractivity contribution in [2.75, 3.05) is 11.9 Å². The summed E-state index contributed by atoms with van der Waals surface area (Å²) < 4.78 is 14.3. The van der Waals surface area contributed by atoms with E-state index >= 15 is 0 Å². The maximum Gasteiger partial charge on any atom is 0.187 e. The van der Waals surface area contributed by atoms with Crippen molar-refractivity contribution in [1.29, 1.82) is 0 Å². The molecule has 1 aromatic rings. The zero-order valence-corrected chi connectivity index (χ0v) is 12.1. The highest BCUT2D eigenvalue weighted by molar-refractivity contribution is 5.41. The van der Waals surface area contributed by atoms with Gasteiger partial charge in [0.1, 0.15) is 6.33 Å². The Bertz CT molecular complexity index is 482. The first-order chi connectivity index (χ1) is 9.60. The summed E-state index contributed by atoms with van der Waals surface area (Å²) >= 11 is 0. The Labute approximate surface area is 119 Å². The van der Waals surface area contributed by atoms with Crippen molar-refractivity contribution < 1.29 is 9.50 Å². The molecule has 20 heavy (non-hydrogen) atoms. The second-order valence-corrected chi connectivity index (χ2v) is 6.19. The molecule has 1 N–H and O–H groups in total. The summed E-state index contributed by atoms with van der Waals surface area (Å²) in [7, 11) is 1.92. The molecule has 0 bridgehead atoms. The molecule has 2 fully saturated rings. The Morgan fingerprint density at radius 3 is 2.50 bits per heavy atom. The first kappa shape index (κ1) is 13.7. The Morgan fingerprint density at radius 2 is 1.90 bits per heavy atom. The summed E-state index contributed by atoms with van der Waals surface area (Å²) in [6.45, 7) is 1.90. The molecule has 0 radical (unpaired) electrons. The number of hydrogen-bond donors (Lipinski definition) is 1. The first-order valence-electron chi connectivity index (χ1n) is 7.50. The minimum absolute atomic E-state index is 0.126. The van der Waals surface area contributed by atoms with Gasteiger partial charge in [-0.2, -0.15) is 0 Å². The molecule has 4 atom stereocenters. The van der Waals surface area contributed by atoms with Gasteiger partial charge in [0.15, 0.2) is 11.6 Å². The van der Waals surface area contributed by atoms with Gasteiger partial charge >= 0.3 is 0 Å². The molecule has 2 unspecified atom stereocenters. The Kier molecular flexibility index (Phi) is 3.63. The van der Waals surface area contributed by atoms with Gasteiger partial charge in [-0.3, -0.25) is 0 Å². The average Bonchev–Trinajstić information content (AvgIpc) is 2.95. The predicted molar refractivity (Wildman–Crippen MR) is 75.0 cm³/mol. The van der Waals surface area contributed by atoms with E-state index in [1.807, 2.05) is 18.9 Å². The molecule has 2 saturated carbocycles. The van der Waals surface area contributed by atoms with E-state index < -0.39 is 0 Å². The molecule has 0 aliphatic heterocycles. The minimum atomic E-state index is -0.283. The number of aryl methyl sites for hydroxylation is 1. The smallest absolute Gasteiger partial charge is 0.187 e. The number of aliphatic hydroxyl groups excluding tert-OH is 1. The highest BCUT2D eigenvalue weighted by Crippen LogP contribution is 2.46. The SMILES string of the molecule is CCc1ncnc(N(C)C2C[C@H]3CC(O)C[C@H]3C2)c1F. The lowest BCUT2D eigenvalue weighted by molar-refractivity contribution is 0.171. The maximum atomic E-state index is 14.3. The van der Waals surface area contributed by atoms with E-state index in [0.29, 0.717) is 35.8 Å². The third-order valence-corrected chi connectivity index (χ3v) is 5.03. The summed E-state index contributed by atoms with van der Waals surface area (Å²) in [5.41, 5.74) is 0.482. The molecular weight excluding hydrogens is 257 g/mol. The maximum absolute atomic E-state index is 14.3. The second-order valence-electron chi connectivity index (χ2n) is 6.19. The number of nitrogens with zero attached hydrogens (tertiary/aromatic N) is 3. The molecule has 5 heteroatoms. The van der Waals surface area contributed by atoms with E-state index in [9.17, 15) is 9.50 Å². The second kappa shape index (κ2) is 5.28. The summed E-state index contributed by atoms with van der Waals surface area (Å²) in [6.07, 6.45) is 5.78. The monoisotopic (exact) mass is 279 g/mol. The van der Waals surface area contributed by atoms with Crippen LogP contribution in [0.5, 0.6) is 0 Å². The fraction of sp³-hybridized carbons (Fsp3) is 0.733. The molecule has 1 aromatic heterocycles. The van der Waals surface area contributed by atoms with Gasteiger partial charge in [0.05, 0.1) is 11.8 Å². The van der Waals surface area contributed by atoms with E-state index in [0.717, 1.165) is 25.7 Å². The lowest BCUT2D eigenvalue weighted by atomic mass is 10.0. The zero-order chi connectivity index (χ0) is 14.3. The van der Waals surface area contributed by atoms with Crippen molar-refractivity contribution >= 4 is 5.82 Å². The molecule has 0 spiro atoms.